The van der Waals surface area contributed by atoms with Gasteiger partial charge in [-0.3, -0.25) is 4.79 Å². The average Bonchev–Trinajstić information content (AvgIpc) is 3.37. The molecule has 2 aromatic carbocycles. The topological polar surface area (TPSA) is 20.3 Å². The van der Waals surface area contributed by atoms with Crippen molar-refractivity contribution in [3.05, 3.63) is 87.4 Å². The van der Waals surface area contributed by atoms with Crippen LogP contribution in [0.5, 0.6) is 0 Å². The van der Waals surface area contributed by atoms with Crippen molar-refractivity contribution in [1.29, 1.82) is 0 Å². The first-order chi connectivity index (χ1) is 14.1. The maximum Gasteiger partial charge on any atom is 0.159 e. The lowest BCUT2D eigenvalue weighted by Gasteiger charge is -2.51. The highest BCUT2D eigenvalue weighted by Gasteiger charge is 2.47. The minimum absolute atomic E-state index is 0.173. The van der Waals surface area contributed by atoms with Crippen LogP contribution >= 0.6 is 15.9 Å². The summed E-state index contributed by atoms with van der Waals surface area (Å²) in [5, 5.41) is 0. The number of carbonyl (C=O) groups excluding carboxylic acids is 1. The highest BCUT2D eigenvalue weighted by Crippen LogP contribution is 2.59. The van der Waals surface area contributed by atoms with Crippen molar-refractivity contribution in [2.45, 2.75) is 37.6 Å². The first kappa shape index (κ1) is 17.7. The second-order valence-corrected chi connectivity index (χ2v) is 9.93. The van der Waals surface area contributed by atoms with E-state index in [0.29, 0.717) is 29.7 Å². The number of halogens is 1. The van der Waals surface area contributed by atoms with Gasteiger partial charge in [-0.15, -0.1) is 0 Å². The third kappa shape index (κ3) is 2.56. The van der Waals surface area contributed by atoms with Gasteiger partial charge in [0.15, 0.2) is 5.78 Å². The fourth-order valence-corrected chi connectivity index (χ4v) is 6.67. The standard InChI is InChI=1S/C26H24BrNO/c1-15(29)18-12-23-20-8-3-6-17(20)14-28-25(16-5-2-7-19(27)11-16)22-10-4-9-21(22)24(13-18)26(23)28/h2-5,7-9,11-13,17,20-22,25H,6,10,14H2,1H3/t17-,20+,21+,22+,25+/m1/s1. The molecule has 0 saturated carbocycles. The molecule has 2 aliphatic heterocycles. The minimum atomic E-state index is 0.173. The van der Waals surface area contributed by atoms with Crippen molar-refractivity contribution in [2.24, 2.45) is 11.8 Å². The van der Waals surface area contributed by atoms with Crippen molar-refractivity contribution in [3.8, 4) is 0 Å². The highest BCUT2D eigenvalue weighted by molar-refractivity contribution is 9.10. The molecule has 0 fully saturated rings. The zero-order valence-corrected chi connectivity index (χ0v) is 18.1. The fourth-order valence-electron chi connectivity index (χ4n) is 6.25. The van der Waals surface area contributed by atoms with Gasteiger partial charge in [0, 0.05) is 34.1 Å². The molecule has 6 rings (SSSR count). The van der Waals surface area contributed by atoms with Crippen LogP contribution in [0.25, 0.3) is 0 Å². The predicted molar refractivity (Wildman–Crippen MR) is 121 cm³/mol. The number of ketones is 1. The van der Waals surface area contributed by atoms with Crippen LogP contribution in [0.1, 0.15) is 64.7 Å². The number of carbonyl (C=O) groups is 1. The molecular formula is C26H24BrNO. The Kier molecular flexibility index (Phi) is 3.93. The molecule has 29 heavy (non-hydrogen) atoms. The Morgan fingerprint density at radius 2 is 1.79 bits per heavy atom. The van der Waals surface area contributed by atoms with Gasteiger partial charge < -0.3 is 4.90 Å². The lowest BCUT2D eigenvalue weighted by atomic mass is 9.70. The van der Waals surface area contributed by atoms with Crippen LogP contribution in [0, 0.1) is 11.8 Å². The Morgan fingerprint density at radius 1 is 1.03 bits per heavy atom. The Morgan fingerprint density at radius 3 is 2.59 bits per heavy atom. The summed E-state index contributed by atoms with van der Waals surface area (Å²) < 4.78 is 1.15. The first-order valence-corrected chi connectivity index (χ1v) is 11.5. The molecule has 2 aliphatic carbocycles. The van der Waals surface area contributed by atoms with Crippen LogP contribution in [-0.2, 0) is 0 Å². The Bertz CT molecular complexity index is 1070. The van der Waals surface area contributed by atoms with Crippen LogP contribution in [0.4, 0.5) is 5.69 Å². The largest absolute Gasteiger partial charge is 0.363 e. The number of anilines is 1. The van der Waals surface area contributed by atoms with E-state index in [1.165, 1.54) is 22.4 Å². The average molecular weight is 446 g/mol. The highest BCUT2D eigenvalue weighted by atomic mass is 79.9. The van der Waals surface area contributed by atoms with Crippen molar-refractivity contribution < 1.29 is 4.79 Å². The third-order valence-electron chi connectivity index (χ3n) is 7.45. The van der Waals surface area contributed by atoms with Gasteiger partial charge >= 0.3 is 0 Å². The number of fused-ring (bicyclic) bond motifs is 4. The zero-order chi connectivity index (χ0) is 19.7. The van der Waals surface area contributed by atoms with Crippen molar-refractivity contribution in [3.63, 3.8) is 0 Å². The molecule has 0 saturated heterocycles. The molecule has 5 atom stereocenters. The normalized spacial score (nSPS) is 30.8. The number of Topliss-reactive ketones (excluding diaryl/α,β-unsaturated/α-hetero) is 1. The third-order valence-corrected chi connectivity index (χ3v) is 7.94. The van der Waals surface area contributed by atoms with E-state index >= 15 is 0 Å². The van der Waals surface area contributed by atoms with Gasteiger partial charge in [-0.05, 0) is 72.6 Å². The van der Waals surface area contributed by atoms with E-state index in [1.54, 1.807) is 6.92 Å². The predicted octanol–water partition coefficient (Wildman–Crippen LogP) is 6.55. The van der Waals surface area contributed by atoms with Crippen LogP contribution < -0.4 is 4.90 Å². The number of nitrogens with zero attached hydrogens (tertiary/aromatic N) is 1. The van der Waals surface area contributed by atoms with Gasteiger partial charge in [0.1, 0.15) is 0 Å². The summed E-state index contributed by atoms with van der Waals surface area (Å²) in [6.45, 7) is 2.80. The van der Waals surface area contributed by atoms with Gasteiger partial charge in [0.25, 0.3) is 0 Å². The van der Waals surface area contributed by atoms with Crippen LogP contribution in [0.2, 0.25) is 0 Å². The zero-order valence-electron chi connectivity index (χ0n) is 16.5. The van der Waals surface area contributed by atoms with E-state index in [-0.39, 0.29) is 5.78 Å². The Hall–Kier alpha value is -2.13. The number of allylic oxidation sites excluding steroid dienone is 4. The van der Waals surface area contributed by atoms with E-state index in [2.05, 4.69) is 81.5 Å². The SMILES string of the molecule is CC(=O)c1cc2c3c(c1)[C@H]1C=CC[C@@H]1[C@H](c1cccc(Br)c1)N3C[C@H]1CC=C[C@H]21. The molecule has 2 nitrogen and oxygen atoms in total. The summed E-state index contributed by atoms with van der Waals surface area (Å²) >= 11 is 3.69. The van der Waals surface area contributed by atoms with Gasteiger partial charge in [-0.25, -0.2) is 0 Å². The molecule has 2 heterocycles. The molecule has 0 bridgehead atoms. The molecule has 146 valence electrons. The molecule has 0 amide bonds. The second kappa shape index (κ2) is 6.43. The fraction of sp³-hybridized carbons (Fsp3) is 0.346. The second-order valence-electron chi connectivity index (χ2n) is 9.01. The Labute approximate surface area is 180 Å². The molecule has 4 aliphatic rings. The summed E-state index contributed by atoms with van der Waals surface area (Å²) in [4.78, 5) is 15.0. The van der Waals surface area contributed by atoms with Crippen molar-refractivity contribution >= 4 is 27.4 Å². The monoisotopic (exact) mass is 445 g/mol. The van der Waals surface area contributed by atoms with Crippen LogP contribution in [-0.4, -0.2) is 12.3 Å². The lowest BCUT2D eigenvalue weighted by Crippen LogP contribution is -2.46. The number of benzene rings is 2. The van der Waals surface area contributed by atoms with Gasteiger partial charge in [-0.1, -0.05) is 52.4 Å². The van der Waals surface area contributed by atoms with E-state index in [1.807, 2.05) is 0 Å². The van der Waals surface area contributed by atoms with Gasteiger partial charge in [-0.2, -0.15) is 0 Å². The van der Waals surface area contributed by atoms with Crippen LogP contribution in [0.15, 0.2) is 65.2 Å². The van der Waals surface area contributed by atoms with Gasteiger partial charge in [0.05, 0.1) is 6.04 Å². The maximum absolute atomic E-state index is 12.4. The summed E-state index contributed by atoms with van der Waals surface area (Å²) in [5.41, 5.74) is 6.42. The summed E-state index contributed by atoms with van der Waals surface area (Å²) in [6, 6.07) is 13.6. The van der Waals surface area contributed by atoms with Crippen LogP contribution in [0.3, 0.4) is 0 Å². The maximum atomic E-state index is 12.4. The summed E-state index contributed by atoms with van der Waals surface area (Å²) in [6.07, 6.45) is 11.7. The Balaban J connectivity index is 1.61. The summed E-state index contributed by atoms with van der Waals surface area (Å²) in [7, 11) is 0. The van der Waals surface area contributed by atoms with Crippen molar-refractivity contribution in [2.75, 3.05) is 11.4 Å². The molecule has 0 aromatic heterocycles. The number of hydrogen-bond donors (Lipinski definition) is 0. The number of rotatable bonds is 2. The molecule has 0 spiro atoms. The van der Waals surface area contributed by atoms with Gasteiger partial charge in [0.2, 0.25) is 0 Å². The summed E-state index contributed by atoms with van der Waals surface area (Å²) in [5.74, 6) is 2.15. The van der Waals surface area contributed by atoms with Crippen molar-refractivity contribution in [1.82, 2.24) is 0 Å². The van der Waals surface area contributed by atoms with E-state index in [0.717, 1.165) is 29.4 Å². The molecule has 0 N–H and O–H groups in total. The molecule has 2 aromatic rings. The molecular weight excluding hydrogens is 422 g/mol. The van der Waals surface area contributed by atoms with E-state index in [9.17, 15) is 4.79 Å². The quantitative estimate of drug-likeness (QED) is 0.385. The van der Waals surface area contributed by atoms with E-state index < -0.39 is 0 Å². The van der Waals surface area contributed by atoms with E-state index in [4.69, 9.17) is 0 Å². The lowest BCUT2D eigenvalue weighted by molar-refractivity contribution is 0.101. The first-order valence-electron chi connectivity index (χ1n) is 10.7. The smallest absolute Gasteiger partial charge is 0.159 e. The molecule has 0 unspecified atom stereocenters. The minimum Gasteiger partial charge on any atom is -0.363 e. The molecule has 0 radical (unpaired) electrons. The molecule has 3 heteroatoms. The number of hydrogen-bond acceptors (Lipinski definition) is 2.